The van der Waals surface area contributed by atoms with Crippen LogP contribution in [0.25, 0.3) is 0 Å². The Kier molecular flexibility index (Phi) is 7.57. The van der Waals surface area contributed by atoms with Crippen molar-refractivity contribution in [1.29, 1.82) is 0 Å². The Morgan fingerprint density at radius 2 is 2.09 bits per heavy atom. The van der Waals surface area contributed by atoms with Gasteiger partial charge < -0.3 is 20.3 Å². The molecule has 0 radical (unpaired) electrons. The Morgan fingerprint density at radius 1 is 1.25 bits per heavy atom. The van der Waals surface area contributed by atoms with Crippen molar-refractivity contribution in [2.24, 2.45) is 10.9 Å². The number of aryl methyl sites for hydroxylation is 1. The predicted molar refractivity (Wildman–Crippen MR) is 126 cm³/mol. The molecule has 0 bridgehead atoms. The third kappa shape index (κ3) is 5.76. The summed E-state index contributed by atoms with van der Waals surface area (Å²) in [6, 6.07) is 4.54. The van der Waals surface area contributed by atoms with Crippen molar-refractivity contribution >= 4 is 11.8 Å². The first-order chi connectivity index (χ1) is 15.6. The molecule has 1 atom stereocenters. The molecule has 9 heteroatoms. The van der Waals surface area contributed by atoms with E-state index in [0.29, 0.717) is 13.2 Å². The second kappa shape index (κ2) is 10.8. The number of methoxy groups -OCH3 is 1. The Bertz CT molecular complexity index is 886. The number of aromatic nitrogens is 4. The van der Waals surface area contributed by atoms with Crippen LogP contribution in [0.1, 0.15) is 50.3 Å². The summed E-state index contributed by atoms with van der Waals surface area (Å²) in [6.07, 6.45) is 6.35. The summed E-state index contributed by atoms with van der Waals surface area (Å²) in [4.78, 5) is 16.4. The lowest BCUT2D eigenvalue weighted by molar-refractivity contribution is 0.177. The number of piperidine rings is 1. The molecule has 2 aromatic rings. The first-order valence-electron chi connectivity index (χ1n) is 11.8. The lowest BCUT2D eigenvalue weighted by Crippen LogP contribution is -2.47. The SMILES string of the molecule is CCNC(=NCc1ccc(N2CCC(C)CC2)nc1)NC1CCc2nc(COC)nn2C1. The number of fused-ring (bicyclic) bond motifs is 1. The average molecular weight is 441 g/mol. The van der Waals surface area contributed by atoms with Gasteiger partial charge in [0.15, 0.2) is 11.8 Å². The molecule has 0 aromatic carbocycles. The number of nitrogens with one attached hydrogen (secondary N) is 2. The molecule has 1 fully saturated rings. The summed E-state index contributed by atoms with van der Waals surface area (Å²) >= 11 is 0. The minimum atomic E-state index is 0.263. The molecule has 0 spiro atoms. The van der Waals surface area contributed by atoms with E-state index in [1.807, 2.05) is 10.9 Å². The molecule has 9 nitrogen and oxygen atoms in total. The zero-order valence-electron chi connectivity index (χ0n) is 19.5. The van der Waals surface area contributed by atoms with Gasteiger partial charge in [0, 0.05) is 45.4 Å². The fourth-order valence-corrected chi connectivity index (χ4v) is 4.29. The van der Waals surface area contributed by atoms with E-state index in [1.165, 1.54) is 12.8 Å². The van der Waals surface area contributed by atoms with Gasteiger partial charge in [-0.1, -0.05) is 13.0 Å². The van der Waals surface area contributed by atoms with Gasteiger partial charge in [0.25, 0.3) is 0 Å². The maximum absolute atomic E-state index is 5.16. The number of nitrogens with zero attached hydrogens (tertiary/aromatic N) is 6. The molecule has 2 aliphatic rings. The maximum Gasteiger partial charge on any atom is 0.191 e. The summed E-state index contributed by atoms with van der Waals surface area (Å²) in [5.74, 6) is 4.51. The smallest absolute Gasteiger partial charge is 0.191 e. The summed E-state index contributed by atoms with van der Waals surface area (Å²) in [5, 5.41) is 11.5. The summed E-state index contributed by atoms with van der Waals surface area (Å²) in [6.45, 7) is 9.25. The van der Waals surface area contributed by atoms with Crippen molar-refractivity contribution in [3.8, 4) is 0 Å². The topological polar surface area (TPSA) is 92.5 Å². The number of hydrogen-bond acceptors (Lipinski definition) is 6. The minimum absolute atomic E-state index is 0.263. The third-order valence-electron chi connectivity index (χ3n) is 6.20. The van der Waals surface area contributed by atoms with Crippen molar-refractivity contribution in [2.75, 3.05) is 31.6 Å². The second-order valence-electron chi connectivity index (χ2n) is 8.83. The molecule has 0 aliphatic carbocycles. The van der Waals surface area contributed by atoms with Crippen LogP contribution >= 0.6 is 0 Å². The standard InChI is InChI=1S/C23H36N8O/c1-4-24-23(27-19-6-8-22-28-20(16-32-3)29-31(22)15-19)26-14-18-5-7-21(25-13-18)30-11-9-17(2)10-12-30/h5,7,13,17,19H,4,6,8-12,14-16H2,1-3H3,(H2,24,26,27). The van der Waals surface area contributed by atoms with E-state index in [-0.39, 0.29) is 6.04 Å². The molecule has 0 amide bonds. The highest BCUT2D eigenvalue weighted by molar-refractivity contribution is 5.80. The zero-order valence-corrected chi connectivity index (χ0v) is 19.5. The fraction of sp³-hybridized carbons (Fsp3) is 0.652. The molecule has 174 valence electrons. The van der Waals surface area contributed by atoms with Crippen molar-refractivity contribution in [3.05, 3.63) is 35.5 Å². The van der Waals surface area contributed by atoms with Gasteiger partial charge in [-0.3, -0.25) is 0 Å². The lowest BCUT2D eigenvalue weighted by Gasteiger charge is -2.31. The largest absolute Gasteiger partial charge is 0.377 e. The molecule has 0 saturated carbocycles. The first-order valence-corrected chi connectivity index (χ1v) is 11.8. The van der Waals surface area contributed by atoms with E-state index in [4.69, 9.17) is 14.7 Å². The van der Waals surface area contributed by atoms with Crippen LogP contribution in [0.5, 0.6) is 0 Å². The van der Waals surface area contributed by atoms with Gasteiger partial charge in [-0.2, -0.15) is 5.10 Å². The zero-order chi connectivity index (χ0) is 22.3. The summed E-state index contributed by atoms with van der Waals surface area (Å²) in [7, 11) is 1.67. The van der Waals surface area contributed by atoms with E-state index in [9.17, 15) is 0 Å². The van der Waals surface area contributed by atoms with Crippen LogP contribution in [-0.4, -0.2) is 58.5 Å². The monoisotopic (exact) mass is 440 g/mol. The number of anilines is 1. The Balaban J connectivity index is 1.33. The third-order valence-corrected chi connectivity index (χ3v) is 6.20. The molecular formula is C23H36N8O. The number of pyridine rings is 1. The van der Waals surface area contributed by atoms with Gasteiger partial charge >= 0.3 is 0 Å². The molecule has 32 heavy (non-hydrogen) atoms. The molecule has 1 unspecified atom stereocenters. The van der Waals surface area contributed by atoms with Crippen LogP contribution < -0.4 is 15.5 Å². The van der Waals surface area contributed by atoms with E-state index >= 15 is 0 Å². The highest BCUT2D eigenvalue weighted by Gasteiger charge is 2.22. The molecule has 2 aromatic heterocycles. The maximum atomic E-state index is 5.16. The van der Waals surface area contributed by atoms with E-state index in [0.717, 1.165) is 73.9 Å². The van der Waals surface area contributed by atoms with Gasteiger partial charge in [0.2, 0.25) is 0 Å². The van der Waals surface area contributed by atoms with Gasteiger partial charge in [0.05, 0.1) is 13.1 Å². The van der Waals surface area contributed by atoms with Gasteiger partial charge in [0.1, 0.15) is 18.2 Å². The van der Waals surface area contributed by atoms with Crippen molar-refractivity contribution in [3.63, 3.8) is 0 Å². The average Bonchev–Trinajstić information content (AvgIpc) is 3.20. The summed E-state index contributed by atoms with van der Waals surface area (Å²) in [5.41, 5.74) is 1.11. The highest BCUT2D eigenvalue weighted by atomic mass is 16.5. The molecule has 4 heterocycles. The van der Waals surface area contributed by atoms with Crippen LogP contribution in [0.4, 0.5) is 5.82 Å². The number of ether oxygens (including phenoxy) is 1. The van der Waals surface area contributed by atoms with E-state index < -0.39 is 0 Å². The Hall–Kier alpha value is -2.68. The molecular weight excluding hydrogens is 404 g/mol. The quantitative estimate of drug-likeness (QED) is 0.503. The van der Waals surface area contributed by atoms with Crippen LogP contribution in [0.15, 0.2) is 23.3 Å². The van der Waals surface area contributed by atoms with Crippen LogP contribution in [0.3, 0.4) is 0 Å². The molecule has 1 saturated heterocycles. The highest BCUT2D eigenvalue weighted by Crippen LogP contribution is 2.21. The lowest BCUT2D eigenvalue weighted by atomic mass is 9.99. The second-order valence-corrected chi connectivity index (χ2v) is 8.83. The number of hydrogen-bond donors (Lipinski definition) is 2. The molecule has 2 N–H and O–H groups in total. The summed E-state index contributed by atoms with van der Waals surface area (Å²) < 4.78 is 7.15. The minimum Gasteiger partial charge on any atom is -0.377 e. The molecule has 4 rings (SSSR count). The van der Waals surface area contributed by atoms with Crippen molar-refractivity contribution in [2.45, 2.75) is 65.3 Å². The van der Waals surface area contributed by atoms with E-state index in [1.54, 1.807) is 7.11 Å². The number of guanidine groups is 1. The predicted octanol–water partition coefficient (Wildman–Crippen LogP) is 2.13. The Morgan fingerprint density at radius 3 is 2.81 bits per heavy atom. The van der Waals surface area contributed by atoms with Crippen LogP contribution in [-0.2, 0) is 30.9 Å². The Labute approximate surface area is 190 Å². The van der Waals surface area contributed by atoms with Gasteiger partial charge in [-0.05, 0) is 43.7 Å². The van der Waals surface area contributed by atoms with Gasteiger partial charge in [-0.15, -0.1) is 0 Å². The number of aliphatic imine (C=N–C) groups is 1. The van der Waals surface area contributed by atoms with Gasteiger partial charge in [-0.25, -0.2) is 19.6 Å². The molecule has 2 aliphatic heterocycles. The van der Waals surface area contributed by atoms with Crippen LogP contribution in [0, 0.1) is 5.92 Å². The normalized spacial score (nSPS) is 19.7. The first kappa shape index (κ1) is 22.5. The fourth-order valence-electron chi connectivity index (χ4n) is 4.29. The number of rotatable bonds is 7. The van der Waals surface area contributed by atoms with Crippen LogP contribution in [0.2, 0.25) is 0 Å². The van der Waals surface area contributed by atoms with E-state index in [2.05, 4.69) is 51.6 Å². The van der Waals surface area contributed by atoms with Crippen molar-refractivity contribution < 1.29 is 4.74 Å². The van der Waals surface area contributed by atoms with Crippen molar-refractivity contribution in [1.82, 2.24) is 30.4 Å².